The van der Waals surface area contributed by atoms with Crippen molar-refractivity contribution in [3.63, 3.8) is 0 Å². The zero-order chi connectivity index (χ0) is 10.8. The van der Waals surface area contributed by atoms with Crippen molar-refractivity contribution in [2.45, 2.75) is 33.0 Å². The van der Waals surface area contributed by atoms with Crippen LogP contribution < -0.4 is 0 Å². The number of halogens is 2. The van der Waals surface area contributed by atoms with Crippen molar-refractivity contribution >= 4 is 23.2 Å². The van der Waals surface area contributed by atoms with Crippen molar-refractivity contribution in [1.29, 1.82) is 0 Å². The minimum atomic E-state index is -0.133. The van der Waals surface area contributed by atoms with E-state index >= 15 is 0 Å². The van der Waals surface area contributed by atoms with Gasteiger partial charge in [0.05, 0.1) is 22.3 Å². The molecule has 0 saturated heterocycles. The summed E-state index contributed by atoms with van der Waals surface area (Å²) in [7, 11) is 0. The number of hydrogen-bond donors (Lipinski definition) is 0. The van der Waals surface area contributed by atoms with Crippen molar-refractivity contribution in [3.05, 3.63) is 33.8 Å². The molecular weight excluding hydrogens is 219 g/mol. The molecule has 0 aliphatic heterocycles. The molecule has 14 heavy (non-hydrogen) atoms. The van der Waals surface area contributed by atoms with E-state index in [4.69, 9.17) is 27.9 Å². The van der Waals surface area contributed by atoms with Gasteiger partial charge in [0.15, 0.2) is 0 Å². The molecule has 0 N–H and O–H groups in total. The van der Waals surface area contributed by atoms with Gasteiger partial charge in [-0.3, -0.25) is 0 Å². The molecule has 78 valence electrons. The lowest BCUT2D eigenvalue weighted by Crippen LogP contribution is -2.18. The normalized spacial score (nSPS) is 11.8. The summed E-state index contributed by atoms with van der Waals surface area (Å²) >= 11 is 11.7. The van der Waals surface area contributed by atoms with Crippen molar-refractivity contribution in [2.24, 2.45) is 0 Å². The Kier molecular flexibility index (Phi) is 3.82. The monoisotopic (exact) mass is 232 g/mol. The first kappa shape index (κ1) is 11.8. The van der Waals surface area contributed by atoms with Crippen LogP contribution in [0.5, 0.6) is 0 Å². The minimum absolute atomic E-state index is 0.133. The van der Waals surface area contributed by atoms with E-state index in [1.165, 1.54) is 0 Å². The predicted octanol–water partition coefficient (Wildman–Crippen LogP) is 4.31. The molecule has 1 rings (SSSR count). The largest absolute Gasteiger partial charge is 0.371 e. The van der Waals surface area contributed by atoms with Gasteiger partial charge in [-0.1, -0.05) is 29.3 Å². The van der Waals surface area contributed by atoms with Crippen LogP contribution >= 0.6 is 23.2 Å². The molecule has 1 aromatic carbocycles. The molecule has 0 heterocycles. The fraction of sp³-hybridized carbons (Fsp3) is 0.455. The van der Waals surface area contributed by atoms with Crippen LogP contribution in [0.4, 0.5) is 0 Å². The average molecular weight is 233 g/mol. The van der Waals surface area contributed by atoms with Crippen molar-refractivity contribution in [2.75, 3.05) is 0 Å². The van der Waals surface area contributed by atoms with Crippen LogP contribution in [0, 0.1) is 0 Å². The Morgan fingerprint density at radius 2 is 1.79 bits per heavy atom. The standard InChI is InChI=1S/C11H14Cl2O/c1-11(2,3)14-7-8-4-5-9(12)10(13)6-8/h4-6H,7H2,1-3H3. The zero-order valence-corrected chi connectivity index (χ0v) is 10.1. The number of rotatable bonds is 2. The van der Waals surface area contributed by atoms with E-state index in [0.29, 0.717) is 16.7 Å². The SMILES string of the molecule is CC(C)(C)OCc1ccc(Cl)c(Cl)c1. The Bertz CT molecular complexity index is 316. The van der Waals surface area contributed by atoms with Crippen molar-refractivity contribution in [1.82, 2.24) is 0 Å². The molecule has 1 aromatic rings. The van der Waals surface area contributed by atoms with E-state index in [-0.39, 0.29) is 5.60 Å². The summed E-state index contributed by atoms with van der Waals surface area (Å²) in [4.78, 5) is 0. The lowest BCUT2D eigenvalue weighted by atomic mass is 10.2. The van der Waals surface area contributed by atoms with Crippen LogP contribution in [-0.4, -0.2) is 5.60 Å². The summed E-state index contributed by atoms with van der Waals surface area (Å²) in [6.45, 7) is 6.61. The molecule has 0 unspecified atom stereocenters. The molecule has 0 amide bonds. The highest BCUT2D eigenvalue weighted by Gasteiger charge is 2.10. The number of benzene rings is 1. The maximum atomic E-state index is 5.88. The van der Waals surface area contributed by atoms with E-state index in [9.17, 15) is 0 Å². The fourth-order valence-electron chi connectivity index (χ4n) is 0.929. The van der Waals surface area contributed by atoms with Crippen LogP contribution in [0.15, 0.2) is 18.2 Å². The Morgan fingerprint density at radius 3 is 2.29 bits per heavy atom. The van der Waals surface area contributed by atoms with E-state index in [1.54, 1.807) is 6.07 Å². The maximum absolute atomic E-state index is 5.88. The third kappa shape index (κ3) is 3.87. The summed E-state index contributed by atoms with van der Waals surface area (Å²) in [5.74, 6) is 0. The van der Waals surface area contributed by atoms with Gasteiger partial charge in [0.25, 0.3) is 0 Å². The van der Waals surface area contributed by atoms with Crippen LogP contribution in [0.25, 0.3) is 0 Å². The van der Waals surface area contributed by atoms with Gasteiger partial charge in [-0.25, -0.2) is 0 Å². The Morgan fingerprint density at radius 1 is 1.14 bits per heavy atom. The summed E-state index contributed by atoms with van der Waals surface area (Å²) in [6.07, 6.45) is 0. The zero-order valence-electron chi connectivity index (χ0n) is 8.60. The molecular formula is C11H14Cl2O. The summed E-state index contributed by atoms with van der Waals surface area (Å²) < 4.78 is 5.61. The van der Waals surface area contributed by atoms with Crippen molar-refractivity contribution in [3.8, 4) is 0 Å². The van der Waals surface area contributed by atoms with Gasteiger partial charge >= 0.3 is 0 Å². The number of ether oxygens (including phenoxy) is 1. The first-order valence-corrected chi connectivity index (χ1v) is 5.22. The Labute approximate surface area is 95.0 Å². The lowest BCUT2D eigenvalue weighted by Gasteiger charge is -2.19. The molecule has 0 spiro atoms. The van der Waals surface area contributed by atoms with E-state index in [1.807, 2.05) is 32.9 Å². The van der Waals surface area contributed by atoms with Gasteiger partial charge in [-0.2, -0.15) is 0 Å². The smallest absolute Gasteiger partial charge is 0.0724 e. The van der Waals surface area contributed by atoms with E-state index in [2.05, 4.69) is 0 Å². The highest BCUT2D eigenvalue weighted by molar-refractivity contribution is 6.41. The summed E-state index contributed by atoms with van der Waals surface area (Å²) in [5.41, 5.74) is 0.904. The van der Waals surface area contributed by atoms with E-state index in [0.717, 1.165) is 5.56 Å². The van der Waals surface area contributed by atoms with Crippen LogP contribution in [-0.2, 0) is 11.3 Å². The van der Waals surface area contributed by atoms with Crippen LogP contribution in [0.2, 0.25) is 10.0 Å². The lowest BCUT2D eigenvalue weighted by molar-refractivity contribution is -0.0149. The highest BCUT2D eigenvalue weighted by atomic mass is 35.5. The van der Waals surface area contributed by atoms with Crippen LogP contribution in [0.3, 0.4) is 0 Å². The Balaban J connectivity index is 2.65. The summed E-state index contributed by atoms with van der Waals surface area (Å²) in [6, 6.07) is 5.53. The molecule has 0 fully saturated rings. The molecule has 0 radical (unpaired) electrons. The molecule has 1 nitrogen and oxygen atoms in total. The maximum Gasteiger partial charge on any atom is 0.0724 e. The topological polar surface area (TPSA) is 9.23 Å². The quantitative estimate of drug-likeness (QED) is 0.739. The van der Waals surface area contributed by atoms with Crippen LogP contribution in [0.1, 0.15) is 26.3 Å². The van der Waals surface area contributed by atoms with Crippen molar-refractivity contribution < 1.29 is 4.74 Å². The molecule has 0 aromatic heterocycles. The average Bonchev–Trinajstić information content (AvgIpc) is 2.06. The first-order chi connectivity index (χ1) is 6.38. The third-order valence-corrected chi connectivity index (χ3v) is 2.39. The fourth-order valence-corrected chi connectivity index (χ4v) is 1.25. The number of hydrogen-bond acceptors (Lipinski definition) is 1. The van der Waals surface area contributed by atoms with E-state index < -0.39 is 0 Å². The van der Waals surface area contributed by atoms with Gasteiger partial charge in [-0.15, -0.1) is 0 Å². The highest BCUT2D eigenvalue weighted by Crippen LogP contribution is 2.23. The molecule has 3 heteroatoms. The predicted molar refractivity (Wildman–Crippen MR) is 61.0 cm³/mol. The second-order valence-electron chi connectivity index (χ2n) is 4.15. The van der Waals surface area contributed by atoms with Gasteiger partial charge in [0.2, 0.25) is 0 Å². The van der Waals surface area contributed by atoms with Gasteiger partial charge in [0, 0.05) is 0 Å². The summed E-state index contributed by atoms with van der Waals surface area (Å²) in [5, 5.41) is 1.15. The molecule has 0 saturated carbocycles. The second-order valence-corrected chi connectivity index (χ2v) is 4.96. The molecule has 0 aliphatic carbocycles. The molecule has 0 bridgehead atoms. The second kappa shape index (κ2) is 4.52. The van der Waals surface area contributed by atoms with Gasteiger partial charge in [-0.05, 0) is 38.5 Å². The third-order valence-electron chi connectivity index (χ3n) is 1.66. The Hall–Kier alpha value is -0.240. The molecule has 0 aliphatic rings. The first-order valence-electron chi connectivity index (χ1n) is 4.46. The van der Waals surface area contributed by atoms with Gasteiger partial charge < -0.3 is 4.74 Å². The van der Waals surface area contributed by atoms with Gasteiger partial charge in [0.1, 0.15) is 0 Å². The minimum Gasteiger partial charge on any atom is -0.371 e. The molecule has 0 atom stereocenters.